The fourth-order valence-corrected chi connectivity index (χ4v) is 2.67. The molecule has 2 rings (SSSR count). The first-order valence-electron chi connectivity index (χ1n) is 9.67. The molecule has 14 nitrogen and oxygen atoms in total. The summed E-state index contributed by atoms with van der Waals surface area (Å²) in [6.45, 7) is 0.636. The quantitative estimate of drug-likeness (QED) is 0.162. The number of aromatic amines is 2. The fourth-order valence-electron chi connectivity index (χ4n) is 2.67. The molecule has 2 aromatic heterocycles. The van der Waals surface area contributed by atoms with Gasteiger partial charge in [-0.3, -0.25) is 14.4 Å². The SMILES string of the molecule is C[C@H](N)C(=O)N[C@@H](Cc1c[nH]cn1)C(=O)N[C@@H](CO)C(=O)N[C@@H](Cc1c[nH]cn1)C(=O)O. The minimum atomic E-state index is -1.46. The van der Waals surface area contributed by atoms with Gasteiger partial charge in [-0.2, -0.15) is 0 Å². The van der Waals surface area contributed by atoms with E-state index in [0.717, 1.165) is 0 Å². The molecule has 9 N–H and O–H groups in total. The molecule has 0 unspecified atom stereocenters. The number of nitrogens with two attached hydrogens (primary N) is 1. The van der Waals surface area contributed by atoms with Crippen LogP contribution in [-0.2, 0) is 32.0 Å². The van der Waals surface area contributed by atoms with Gasteiger partial charge in [0.05, 0.1) is 36.7 Å². The number of hydrogen-bond acceptors (Lipinski definition) is 8. The summed E-state index contributed by atoms with van der Waals surface area (Å²) in [7, 11) is 0. The van der Waals surface area contributed by atoms with Gasteiger partial charge in [0.1, 0.15) is 18.1 Å². The zero-order valence-corrected chi connectivity index (χ0v) is 17.2. The van der Waals surface area contributed by atoms with Crippen molar-refractivity contribution in [2.75, 3.05) is 6.61 Å². The maximum Gasteiger partial charge on any atom is 0.326 e. The summed E-state index contributed by atoms with van der Waals surface area (Å²) >= 11 is 0. The van der Waals surface area contributed by atoms with Gasteiger partial charge in [0, 0.05) is 25.2 Å². The number of rotatable bonds is 12. The largest absolute Gasteiger partial charge is 0.480 e. The van der Waals surface area contributed by atoms with E-state index in [-0.39, 0.29) is 12.8 Å². The van der Waals surface area contributed by atoms with Gasteiger partial charge in [0.2, 0.25) is 17.7 Å². The van der Waals surface area contributed by atoms with Gasteiger partial charge in [-0.15, -0.1) is 0 Å². The molecule has 174 valence electrons. The molecule has 0 fully saturated rings. The zero-order valence-electron chi connectivity index (χ0n) is 17.2. The van der Waals surface area contributed by atoms with Crippen LogP contribution >= 0.6 is 0 Å². The highest BCUT2D eigenvalue weighted by atomic mass is 16.4. The van der Waals surface area contributed by atoms with E-state index in [1.54, 1.807) is 0 Å². The Kier molecular flexibility index (Phi) is 8.85. The third kappa shape index (κ3) is 7.17. The van der Waals surface area contributed by atoms with E-state index in [2.05, 4.69) is 35.9 Å². The van der Waals surface area contributed by atoms with Crippen molar-refractivity contribution < 1.29 is 29.4 Å². The van der Waals surface area contributed by atoms with Gasteiger partial charge in [-0.05, 0) is 6.92 Å². The van der Waals surface area contributed by atoms with Crippen LogP contribution in [0.1, 0.15) is 18.3 Å². The number of carboxylic acid groups (broad SMARTS) is 1. The molecule has 14 heteroatoms. The Bertz CT molecular complexity index is 899. The number of imidazole rings is 2. The summed E-state index contributed by atoms with van der Waals surface area (Å²) in [5.41, 5.74) is 6.41. The summed E-state index contributed by atoms with van der Waals surface area (Å²) in [6.07, 6.45) is 5.65. The van der Waals surface area contributed by atoms with Gasteiger partial charge >= 0.3 is 5.97 Å². The smallest absolute Gasteiger partial charge is 0.326 e. The minimum Gasteiger partial charge on any atom is -0.480 e. The summed E-state index contributed by atoms with van der Waals surface area (Å²) in [5.74, 6) is -3.61. The van der Waals surface area contributed by atoms with Crippen LogP contribution in [0, 0.1) is 0 Å². The summed E-state index contributed by atoms with van der Waals surface area (Å²) in [5, 5.41) is 26.0. The number of nitrogens with zero attached hydrogens (tertiary/aromatic N) is 2. The Morgan fingerprint density at radius 3 is 1.81 bits per heavy atom. The second-order valence-corrected chi connectivity index (χ2v) is 7.02. The van der Waals surface area contributed by atoms with Crippen LogP contribution in [0.5, 0.6) is 0 Å². The molecule has 2 aromatic rings. The number of carbonyl (C=O) groups is 4. The Morgan fingerprint density at radius 1 is 0.906 bits per heavy atom. The highest BCUT2D eigenvalue weighted by molar-refractivity contribution is 5.94. The topological polar surface area (TPSA) is 228 Å². The lowest BCUT2D eigenvalue weighted by Gasteiger charge is -2.23. The van der Waals surface area contributed by atoms with E-state index in [1.165, 1.54) is 32.0 Å². The average molecular weight is 450 g/mol. The van der Waals surface area contributed by atoms with Crippen LogP contribution in [0.25, 0.3) is 0 Å². The number of amides is 3. The third-order valence-corrected chi connectivity index (χ3v) is 4.41. The van der Waals surface area contributed by atoms with Crippen LogP contribution in [-0.4, -0.2) is 84.6 Å². The third-order valence-electron chi connectivity index (χ3n) is 4.41. The van der Waals surface area contributed by atoms with Gasteiger partial charge in [-0.1, -0.05) is 0 Å². The van der Waals surface area contributed by atoms with Crippen LogP contribution < -0.4 is 21.7 Å². The van der Waals surface area contributed by atoms with Gasteiger partial charge in [0.15, 0.2) is 0 Å². The summed E-state index contributed by atoms with van der Waals surface area (Å²) < 4.78 is 0. The first-order valence-corrected chi connectivity index (χ1v) is 9.67. The minimum absolute atomic E-state index is 0.00945. The normalized spacial score (nSPS) is 14.6. The van der Waals surface area contributed by atoms with E-state index in [1.807, 2.05) is 0 Å². The Labute approximate surface area is 182 Å². The van der Waals surface area contributed by atoms with Crippen molar-refractivity contribution in [2.45, 2.75) is 43.9 Å². The van der Waals surface area contributed by atoms with E-state index < -0.39 is 54.5 Å². The maximum absolute atomic E-state index is 12.8. The Morgan fingerprint density at radius 2 is 1.38 bits per heavy atom. The number of aliphatic carboxylic acids is 1. The van der Waals surface area contributed by atoms with Crippen molar-refractivity contribution in [3.63, 3.8) is 0 Å². The molecular weight excluding hydrogens is 424 g/mol. The molecule has 0 aromatic carbocycles. The average Bonchev–Trinajstić information content (AvgIpc) is 3.44. The van der Waals surface area contributed by atoms with Crippen LogP contribution in [0.2, 0.25) is 0 Å². The fraction of sp³-hybridized carbons (Fsp3) is 0.444. The number of carboxylic acids is 1. The monoisotopic (exact) mass is 450 g/mol. The predicted molar refractivity (Wildman–Crippen MR) is 109 cm³/mol. The molecule has 0 spiro atoms. The molecular formula is C18H26N8O6. The molecule has 3 amide bonds. The van der Waals surface area contributed by atoms with E-state index in [0.29, 0.717) is 11.4 Å². The predicted octanol–water partition coefficient (Wildman–Crippen LogP) is -3.20. The van der Waals surface area contributed by atoms with Gasteiger partial charge < -0.3 is 41.9 Å². The standard InChI is InChI=1S/C18H26N8O6/c1-9(19)15(28)24-12(2-10-4-20-7-22-10)16(29)26-14(6-27)17(30)25-13(18(31)32)3-11-5-21-8-23-11/h4-5,7-9,12-14,27H,2-3,6,19H2,1H3,(H,20,22)(H,21,23)(H,24,28)(H,25,30)(H,26,29)(H,31,32)/t9-,12-,13-,14-/m0/s1. The molecule has 0 aliphatic rings. The molecule has 0 aliphatic heterocycles. The molecule has 0 bridgehead atoms. The molecule has 32 heavy (non-hydrogen) atoms. The highest BCUT2D eigenvalue weighted by Crippen LogP contribution is 2.02. The van der Waals surface area contributed by atoms with Crippen molar-refractivity contribution in [3.8, 4) is 0 Å². The molecule has 2 heterocycles. The van der Waals surface area contributed by atoms with Crippen LogP contribution in [0.4, 0.5) is 0 Å². The van der Waals surface area contributed by atoms with Crippen molar-refractivity contribution in [1.82, 2.24) is 35.9 Å². The van der Waals surface area contributed by atoms with Crippen LogP contribution in [0.15, 0.2) is 25.0 Å². The molecule has 0 aliphatic carbocycles. The van der Waals surface area contributed by atoms with E-state index in [4.69, 9.17) is 5.73 Å². The number of H-pyrrole nitrogens is 2. The Hall–Kier alpha value is -3.78. The van der Waals surface area contributed by atoms with Crippen molar-refractivity contribution in [3.05, 3.63) is 36.4 Å². The molecule has 0 saturated heterocycles. The number of hydrogen-bond donors (Lipinski definition) is 8. The van der Waals surface area contributed by atoms with Crippen LogP contribution in [0.3, 0.4) is 0 Å². The van der Waals surface area contributed by atoms with Crippen molar-refractivity contribution >= 4 is 23.7 Å². The number of aliphatic hydroxyl groups is 1. The second kappa shape index (κ2) is 11.6. The zero-order chi connectivity index (χ0) is 23.7. The highest BCUT2D eigenvalue weighted by Gasteiger charge is 2.30. The number of aromatic nitrogens is 4. The first-order chi connectivity index (χ1) is 15.2. The van der Waals surface area contributed by atoms with E-state index >= 15 is 0 Å². The number of aliphatic hydroxyl groups excluding tert-OH is 1. The van der Waals surface area contributed by atoms with Gasteiger partial charge in [-0.25, -0.2) is 14.8 Å². The lowest BCUT2D eigenvalue weighted by molar-refractivity contribution is -0.142. The lowest BCUT2D eigenvalue weighted by Crippen LogP contribution is -2.58. The number of carbonyl (C=O) groups excluding carboxylic acids is 3. The second-order valence-electron chi connectivity index (χ2n) is 7.02. The lowest BCUT2D eigenvalue weighted by atomic mass is 10.1. The maximum atomic E-state index is 12.8. The summed E-state index contributed by atoms with van der Waals surface area (Å²) in [6, 6.07) is -4.83. The molecule has 4 atom stereocenters. The van der Waals surface area contributed by atoms with Crippen molar-refractivity contribution in [2.24, 2.45) is 5.73 Å². The van der Waals surface area contributed by atoms with Gasteiger partial charge in [0.25, 0.3) is 0 Å². The first kappa shape index (κ1) is 24.5. The summed E-state index contributed by atoms with van der Waals surface area (Å²) in [4.78, 5) is 62.1. The Balaban J connectivity index is 2.06. The molecule has 0 radical (unpaired) electrons. The number of nitrogens with one attached hydrogen (secondary N) is 5. The van der Waals surface area contributed by atoms with E-state index in [9.17, 15) is 29.4 Å². The van der Waals surface area contributed by atoms with Crippen molar-refractivity contribution in [1.29, 1.82) is 0 Å². The molecule has 0 saturated carbocycles.